The van der Waals surface area contributed by atoms with Gasteiger partial charge in [0.15, 0.2) is 5.78 Å². The molecule has 0 N–H and O–H groups in total. The average molecular weight is 287 g/mol. The SMILES string of the molecule is COc1nc(C)c(C(C)=O)c(-c2cccc([N+](=O)[O-])c2)n1. The number of carbonyl (C=O) groups excluding carboxylic acids is 1. The second kappa shape index (κ2) is 5.66. The van der Waals surface area contributed by atoms with Crippen molar-refractivity contribution in [1.82, 2.24) is 9.97 Å². The molecule has 108 valence electrons. The number of Topliss-reactive ketones (excluding diaryl/α,β-unsaturated/α-hetero) is 1. The zero-order chi connectivity index (χ0) is 15.6. The molecule has 0 saturated carbocycles. The van der Waals surface area contributed by atoms with Gasteiger partial charge in [0.1, 0.15) is 0 Å². The minimum atomic E-state index is -0.498. The third kappa shape index (κ3) is 2.86. The van der Waals surface area contributed by atoms with Crippen molar-refractivity contribution in [2.45, 2.75) is 13.8 Å². The third-order valence-electron chi connectivity index (χ3n) is 2.93. The van der Waals surface area contributed by atoms with Crippen LogP contribution in [0, 0.1) is 17.0 Å². The van der Waals surface area contributed by atoms with Gasteiger partial charge in [-0.15, -0.1) is 0 Å². The number of ketones is 1. The third-order valence-corrected chi connectivity index (χ3v) is 2.93. The number of carbonyl (C=O) groups is 1. The van der Waals surface area contributed by atoms with Crippen molar-refractivity contribution in [3.8, 4) is 17.3 Å². The van der Waals surface area contributed by atoms with Crippen LogP contribution in [0.1, 0.15) is 23.0 Å². The molecule has 0 spiro atoms. The number of rotatable bonds is 4. The number of aromatic nitrogens is 2. The minimum absolute atomic E-state index is 0.0720. The van der Waals surface area contributed by atoms with E-state index in [-0.39, 0.29) is 17.5 Å². The molecule has 21 heavy (non-hydrogen) atoms. The maximum Gasteiger partial charge on any atom is 0.316 e. The fourth-order valence-corrected chi connectivity index (χ4v) is 2.04. The lowest BCUT2D eigenvalue weighted by Gasteiger charge is -2.10. The number of non-ortho nitro benzene ring substituents is 1. The summed E-state index contributed by atoms with van der Waals surface area (Å²) in [7, 11) is 1.42. The van der Waals surface area contributed by atoms with E-state index >= 15 is 0 Å². The Kier molecular flexibility index (Phi) is 3.93. The molecule has 0 aliphatic heterocycles. The van der Waals surface area contributed by atoms with Crippen LogP contribution in [-0.2, 0) is 0 Å². The summed E-state index contributed by atoms with van der Waals surface area (Å²) in [5.74, 6) is -0.211. The highest BCUT2D eigenvalue weighted by Gasteiger charge is 2.19. The fraction of sp³-hybridized carbons (Fsp3) is 0.214. The zero-order valence-corrected chi connectivity index (χ0v) is 11.8. The van der Waals surface area contributed by atoms with E-state index in [2.05, 4.69) is 9.97 Å². The van der Waals surface area contributed by atoms with E-state index in [1.165, 1.54) is 26.2 Å². The van der Waals surface area contributed by atoms with Gasteiger partial charge in [0.25, 0.3) is 5.69 Å². The number of ether oxygens (including phenoxy) is 1. The number of hydrogen-bond donors (Lipinski definition) is 0. The highest BCUT2D eigenvalue weighted by molar-refractivity contribution is 6.01. The maximum atomic E-state index is 11.8. The van der Waals surface area contributed by atoms with E-state index in [9.17, 15) is 14.9 Å². The molecule has 0 aliphatic rings. The van der Waals surface area contributed by atoms with E-state index in [0.29, 0.717) is 22.5 Å². The molecule has 0 bridgehead atoms. The lowest BCUT2D eigenvalue weighted by molar-refractivity contribution is -0.384. The highest BCUT2D eigenvalue weighted by Crippen LogP contribution is 2.28. The number of aryl methyl sites for hydroxylation is 1. The van der Waals surface area contributed by atoms with Crippen LogP contribution in [0.2, 0.25) is 0 Å². The molecule has 1 aromatic heterocycles. The smallest absolute Gasteiger partial charge is 0.316 e. The zero-order valence-electron chi connectivity index (χ0n) is 11.8. The maximum absolute atomic E-state index is 11.8. The first-order valence-corrected chi connectivity index (χ1v) is 6.12. The number of benzene rings is 1. The Bertz CT molecular complexity index is 728. The molecule has 0 amide bonds. The first-order chi connectivity index (χ1) is 9.93. The van der Waals surface area contributed by atoms with E-state index in [4.69, 9.17) is 4.74 Å². The summed E-state index contributed by atoms with van der Waals surface area (Å²) < 4.78 is 5.00. The summed E-state index contributed by atoms with van der Waals surface area (Å²) >= 11 is 0. The largest absolute Gasteiger partial charge is 0.467 e. The Labute approximate surface area is 120 Å². The molecule has 0 radical (unpaired) electrons. The molecule has 0 saturated heterocycles. The van der Waals surface area contributed by atoms with Gasteiger partial charge in [-0.3, -0.25) is 14.9 Å². The van der Waals surface area contributed by atoms with Gasteiger partial charge in [-0.2, -0.15) is 9.97 Å². The van der Waals surface area contributed by atoms with Crippen LogP contribution in [0.15, 0.2) is 24.3 Å². The van der Waals surface area contributed by atoms with Gasteiger partial charge in [0.05, 0.1) is 29.0 Å². The molecule has 2 aromatic rings. The second-order valence-electron chi connectivity index (χ2n) is 4.38. The van der Waals surface area contributed by atoms with Crippen molar-refractivity contribution >= 4 is 11.5 Å². The van der Waals surface area contributed by atoms with Gasteiger partial charge in [0.2, 0.25) is 0 Å². The number of nitrogens with zero attached hydrogens (tertiary/aromatic N) is 3. The number of methoxy groups -OCH3 is 1. The summed E-state index contributed by atoms with van der Waals surface area (Å²) in [6.07, 6.45) is 0. The first-order valence-electron chi connectivity index (χ1n) is 6.12. The van der Waals surface area contributed by atoms with Gasteiger partial charge in [-0.1, -0.05) is 12.1 Å². The van der Waals surface area contributed by atoms with Crippen LogP contribution in [0.3, 0.4) is 0 Å². The van der Waals surface area contributed by atoms with E-state index < -0.39 is 4.92 Å². The Balaban J connectivity index is 2.72. The van der Waals surface area contributed by atoms with Gasteiger partial charge >= 0.3 is 6.01 Å². The van der Waals surface area contributed by atoms with E-state index in [0.717, 1.165) is 0 Å². The Morgan fingerprint density at radius 2 is 2.05 bits per heavy atom. The van der Waals surface area contributed by atoms with Crippen molar-refractivity contribution < 1.29 is 14.5 Å². The molecule has 1 heterocycles. The van der Waals surface area contributed by atoms with Crippen molar-refractivity contribution in [2.24, 2.45) is 0 Å². The standard InChI is InChI=1S/C14H13N3O4/c1-8-12(9(2)18)13(16-14(15-8)21-3)10-5-4-6-11(7-10)17(19)20/h4-7H,1-3H3. The van der Waals surface area contributed by atoms with Crippen LogP contribution in [0.4, 0.5) is 5.69 Å². The predicted octanol–water partition coefficient (Wildman–Crippen LogP) is 2.57. The topological polar surface area (TPSA) is 95.2 Å². The Morgan fingerprint density at radius 3 is 2.62 bits per heavy atom. The number of hydrogen-bond acceptors (Lipinski definition) is 6. The minimum Gasteiger partial charge on any atom is -0.467 e. The number of nitro groups is 1. The van der Waals surface area contributed by atoms with Gasteiger partial charge in [-0.05, 0) is 13.8 Å². The molecular weight excluding hydrogens is 274 g/mol. The summed E-state index contributed by atoms with van der Waals surface area (Å²) in [5, 5.41) is 10.9. The first kappa shape index (κ1) is 14.6. The lowest BCUT2D eigenvalue weighted by Crippen LogP contribution is -2.07. The molecule has 7 nitrogen and oxygen atoms in total. The van der Waals surface area contributed by atoms with E-state index in [1.807, 2.05) is 0 Å². The van der Waals surface area contributed by atoms with E-state index in [1.54, 1.807) is 19.1 Å². The molecular formula is C14H13N3O4. The summed E-state index contributed by atoms with van der Waals surface area (Å²) in [6.45, 7) is 3.07. The summed E-state index contributed by atoms with van der Waals surface area (Å²) in [4.78, 5) is 30.4. The van der Waals surface area contributed by atoms with Crippen LogP contribution in [0.25, 0.3) is 11.3 Å². The molecule has 0 unspecified atom stereocenters. The van der Waals surface area contributed by atoms with Gasteiger partial charge in [0, 0.05) is 17.7 Å². The molecule has 0 atom stereocenters. The van der Waals surface area contributed by atoms with Crippen LogP contribution < -0.4 is 4.74 Å². The van der Waals surface area contributed by atoms with Crippen molar-refractivity contribution in [1.29, 1.82) is 0 Å². The normalized spacial score (nSPS) is 10.2. The van der Waals surface area contributed by atoms with Gasteiger partial charge in [-0.25, -0.2) is 0 Å². The molecule has 0 fully saturated rings. The van der Waals surface area contributed by atoms with Crippen LogP contribution >= 0.6 is 0 Å². The monoisotopic (exact) mass is 287 g/mol. The quantitative estimate of drug-likeness (QED) is 0.487. The van der Waals surface area contributed by atoms with Crippen molar-refractivity contribution in [2.75, 3.05) is 7.11 Å². The summed E-state index contributed by atoms with van der Waals surface area (Å²) in [6, 6.07) is 6.05. The second-order valence-corrected chi connectivity index (χ2v) is 4.38. The van der Waals surface area contributed by atoms with Gasteiger partial charge < -0.3 is 4.74 Å². The highest BCUT2D eigenvalue weighted by atomic mass is 16.6. The lowest BCUT2D eigenvalue weighted by atomic mass is 10.0. The van der Waals surface area contributed by atoms with Crippen LogP contribution in [-0.4, -0.2) is 27.8 Å². The van der Waals surface area contributed by atoms with Crippen molar-refractivity contribution in [3.05, 3.63) is 45.6 Å². The fourth-order valence-electron chi connectivity index (χ4n) is 2.04. The van der Waals surface area contributed by atoms with Crippen LogP contribution in [0.5, 0.6) is 6.01 Å². The molecule has 1 aromatic carbocycles. The van der Waals surface area contributed by atoms with Crippen molar-refractivity contribution in [3.63, 3.8) is 0 Å². The average Bonchev–Trinajstić information content (AvgIpc) is 2.45. The molecule has 7 heteroatoms. The molecule has 2 rings (SSSR count). The molecule has 0 aliphatic carbocycles. The number of nitro benzene ring substituents is 1. The Hall–Kier alpha value is -2.83. The Morgan fingerprint density at radius 1 is 1.33 bits per heavy atom. The summed E-state index contributed by atoms with van der Waals surface area (Å²) in [5.41, 5.74) is 1.53. The predicted molar refractivity (Wildman–Crippen MR) is 75.4 cm³/mol.